The van der Waals surface area contributed by atoms with Gasteiger partial charge in [-0.05, 0) is 0 Å². The van der Waals surface area contributed by atoms with Gasteiger partial charge in [-0.2, -0.15) is 0 Å². The van der Waals surface area contributed by atoms with Gasteiger partial charge in [-0.25, -0.2) is 4.79 Å². The van der Waals surface area contributed by atoms with Crippen LogP contribution >= 0.6 is 0 Å². The summed E-state index contributed by atoms with van der Waals surface area (Å²) in [5, 5.41) is 14.3. The normalized spacial score (nSPS) is 21.8. The van der Waals surface area contributed by atoms with Crippen LogP contribution in [0.3, 0.4) is 0 Å². The Balaban J connectivity index is 2.33. The van der Waals surface area contributed by atoms with Crippen molar-refractivity contribution in [1.29, 1.82) is 0 Å². The number of methoxy groups -OCH3 is 1. The molecule has 1 aliphatic heterocycles. The van der Waals surface area contributed by atoms with Crippen LogP contribution in [-0.2, 0) is 19.1 Å². The van der Waals surface area contributed by atoms with Crippen molar-refractivity contribution in [3.8, 4) is 0 Å². The zero-order valence-corrected chi connectivity index (χ0v) is 9.77. The number of aliphatic carboxylic acids is 1. The molecule has 0 aliphatic carbocycles. The van der Waals surface area contributed by atoms with E-state index in [1.807, 2.05) is 0 Å². The van der Waals surface area contributed by atoms with Crippen LogP contribution in [0.5, 0.6) is 0 Å². The van der Waals surface area contributed by atoms with Gasteiger partial charge in [0.15, 0.2) is 6.04 Å². The Kier molecular flexibility index (Phi) is 5.88. The molecule has 0 spiro atoms. The fraction of sp³-hybridized carbons (Fsp3) is 0.800. The quantitative estimate of drug-likeness (QED) is 0.532. The highest BCUT2D eigenvalue weighted by atomic mass is 16.5. The molecule has 1 fully saturated rings. The molecular weight excluding hydrogens is 228 g/mol. The Bertz CT molecular complexity index is 265. The van der Waals surface area contributed by atoms with Gasteiger partial charge in [0, 0.05) is 20.2 Å². The number of morpholine rings is 1. The third kappa shape index (κ3) is 5.12. The Morgan fingerprint density at radius 1 is 1.65 bits per heavy atom. The first-order valence-electron chi connectivity index (χ1n) is 5.47. The first-order chi connectivity index (χ1) is 8.13. The summed E-state index contributed by atoms with van der Waals surface area (Å²) < 4.78 is 10.1. The number of rotatable bonds is 6. The average molecular weight is 246 g/mol. The number of amides is 1. The molecule has 0 saturated carbocycles. The van der Waals surface area contributed by atoms with Crippen molar-refractivity contribution in [2.75, 3.05) is 33.4 Å². The molecule has 0 aromatic heterocycles. The molecule has 7 heteroatoms. The molecule has 0 aromatic rings. The molecule has 7 nitrogen and oxygen atoms in total. The second kappa shape index (κ2) is 7.21. The van der Waals surface area contributed by atoms with Crippen LogP contribution in [0.2, 0.25) is 0 Å². The van der Waals surface area contributed by atoms with Crippen molar-refractivity contribution in [1.82, 2.24) is 10.6 Å². The minimum absolute atomic E-state index is 0.0507. The van der Waals surface area contributed by atoms with E-state index in [0.717, 1.165) is 6.54 Å². The minimum atomic E-state index is -1.11. The van der Waals surface area contributed by atoms with E-state index >= 15 is 0 Å². The van der Waals surface area contributed by atoms with Crippen LogP contribution in [0.25, 0.3) is 0 Å². The number of nitrogens with one attached hydrogen (secondary N) is 2. The molecule has 0 aromatic carbocycles. The summed E-state index contributed by atoms with van der Waals surface area (Å²) in [5.74, 6) is -1.45. The van der Waals surface area contributed by atoms with Crippen LogP contribution in [0.4, 0.5) is 0 Å². The monoisotopic (exact) mass is 246 g/mol. The summed E-state index contributed by atoms with van der Waals surface area (Å²) in [6, 6.07) is -1.01. The van der Waals surface area contributed by atoms with Crippen molar-refractivity contribution in [3.05, 3.63) is 0 Å². The average Bonchev–Trinajstić information content (AvgIpc) is 2.29. The first kappa shape index (κ1) is 13.9. The predicted molar refractivity (Wildman–Crippen MR) is 58.7 cm³/mol. The van der Waals surface area contributed by atoms with Crippen LogP contribution in [-0.4, -0.2) is 62.5 Å². The van der Waals surface area contributed by atoms with Gasteiger partial charge in [0.2, 0.25) is 5.91 Å². The van der Waals surface area contributed by atoms with Crippen LogP contribution in [0, 0.1) is 0 Å². The SMILES string of the molecule is COCC(NC(=O)CC1CNCCO1)C(=O)O. The number of carbonyl (C=O) groups is 2. The molecule has 2 unspecified atom stereocenters. The van der Waals surface area contributed by atoms with E-state index in [9.17, 15) is 9.59 Å². The van der Waals surface area contributed by atoms with Crippen molar-refractivity contribution < 1.29 is 24.2 Å². The second-order valence-corrected chi connectivity index (χ2v) is 3.81. The lowest BCUT2D eigenvalue weighted by molar-refractivity contribution is -0.143. The van der Waals surface area contributed by atoms with Crippen LogP contribution in [0.1, 0.15) is 6.42 Å². The van der Waals surface area contributed by atoms with E-state index < -0.39 is 12.0 Å². The largest absolute Gasteiger partial charge is 0.480 e. The molecule has 1 aliphatic rings. The highest BCUT2D eigenvalue weighted by molar-refractivity contribution is 5.83. The van der Waals surface area contributed by atoms with Crippen molar-refractivity contribution in [2.45, 2.75) is 18.6 Å². The Hall–Kier alpha value is -1.18. The fourth-order valence-electron chi connectivity index (χ4n) is 1.55. The molecule has 1 saturated heterocycles. The molecular formula is C10H18N2O5. The maximum atomic E-state index is 11.6. The summed E-state index contributed by atoms with van der Waals surface area (Å²) in [4.78, 5) is 22.3. The molecule has 98 valence electrons. The lowest BCUT2D eigenvalue weighted by atomic mass is 10.2. The molecule has 2 atom stereocenters. The predicted octanol–water partition coefficient (Wildman–Crippen LogP) is -1.42. The number of ether oxygens (including phenoxy) is 2. The first-order valence-corrected chi connectivity index (χ1v) is 5.47. The number of carboxylic acids is 1. The smallest absolute Gasteiger partial charge is 0.328 e. The number of hydrogen-bond acceptors (Lipinski definition) is 5. The van der Waals surface area contributed by atoms with Crippen molar-refractivity contribution in [2.24, 2.45) is 0 Å². The van der Waals surface area contributed by atoms with Gasteiger partial charge in [-0.15, -0.1) is 0 Å². The molecule has 17 heavy (non-hydrogen) atoms. The van der Waals surface area contributed by atoms with Gasteiger partial charge >= 0.3 is 5.97 Å². The van der Waals surface area contributed by atoms with Crippen LogP contribution in [0.15, 0.2) is 0 Å². The number of carbonyl (C=O) groups excluding carboxylic acids is 1. The van der Waals surface area contributed by atoms with Gasteiger partial charge < -0.3 is 25.2 Å². The van der Waals surface area contributed by atoms with E-state index in [0.29, 0.717) is 13.2 Å². The zero-order chi connectivity index (χ0) is 12.7. The second-order valence-electron chi connectivity index (χ2n) is 3.81. The van der Waals surface area contributed by atoms with Gasteiger partial charge in [-0.1, -0.05) is 0 Å². The maximum absolute atomic E-state index is 11.6. The zero-order valence-electron chi connectivity index (χ0n) is 9.77. The van der Waals surface area contributed by atoms with Gasteiger partial charge in [0.25, 0.3) is 0 Å². The third-order valence-corrected chi connectivity index (χ3v) is 2.38. The lowest BCUT2D eigenvalue weighted by Crippen LogP contribution is -2.47. The fourth-order valence-corrected chi connectivity index (χ4v) is 1.55. The Labute approximate surface area is 99.5 Å². The Morgan fingerprint density at radius 3 is 2.94 bits per heavy atom. The Morgan fingerprint density at radius 2 is 2.41 bits per heavy atom. The van der Waals surface area contributed by atoms with Gasteiger partial charge in [-0.3, -0.25) is 4.79 Å². The van der Waals surface area contributed by atoms with Gasteiger partial charge in [0.05, 0.1) is 25.7 Å². The van der Waals surface area contributed by atoms with E-state index in [-0.39, 0.29) is 25.0 Å². The molecule has 1 amide bonds. The molecule has 3 N–H and O–H groups in total. The van der Waals surface area contributed by atoms with E-state index in [2.05, 4.69) is 10.6 Å². The molecule has 1 heterocycles. The van der Waals surface area contributed by atoms with E-state index in [4.69, 9.17) is 14.6 Å². The van der Waals surface area contributed by atoms with Gasteiger partial charge in [0.1, 0.15) is 0 Å². The van der Waals surface area contributed by atoms with Crippen LogP contribution < -0.4 is 10.6 Å². The minimum Gasteiger partial charge on any atom is -0.480 e. The van der Waals surface area contributed by atoms with E-state index in [1.165, 1.54) is 7.11 Å². The maximum Gasteiger partial charge on any atom is 0.328 e. The third-order valence-electron chi connectivity index (χ3n) is 2.38. The summed E-state index contributed by atoms with van der Waals surface area (Å²) >= 11 is 0. The van der Waals surface area contributed by atoms with Crippen molar-refractivity contribution in [3.63, 3.8) is 0 Å². The number of carboxylic acid groups (broad SMARTS) is 1. The van der Waals surface area contributed by atoms with Crippen molar-refractivity contribution >= 4 is 11.9 Å². The molecule has 0 bridgehead atoms. The summed E-state index contributed by atoms with van der Waals surface area (Å²) in [6.45, 7) is 1.90. The standard InChI is InChI=1S/C10H18N2O5/c1-16-6-8(10(14)15)12-9(13)4-7-5-11-2-3-17-7/h7-8,11H,2-6H2,1H3,(H,12,13)(H,14,15). The molecule has 1 rings (SSSR count). The summed E-state index contributed by atoms with van der Waals surface area (Å²) in [7, 11) is 1.39. The number of hydrogen-bond donors (Lipinski definition) is 3. The van der Waals surface area contributed by atoms with E-state index in [1.54, 1.807) is 0 Å². The lowest BCUT2D eigenvalue weighted by Gasteiger charge is -2.23. The summed E-state index contributed by atoms with van der Waals surface area (Å²) in [5.41, 5.74) is 0. The highest BCUT2D eigenvalue weighted by Crippen LogP contribution is 2.01. The summed E-state index contributed by atoms with van der Waals surface area (Å²) in [6.07, 6.45) is -0.0405. The topological polar surface area (TPSA) is 96.9 Å². The molecule has 0 radical (unpaired) electrons. The highest BCUT2D eigenvalue weighted by Gasteiger charge is 2.23.